The van der Waals surface area contributed by atoms with Crippen LogP contribution >= 0.6 is 11.8 Å². The number of H-pyrrole nitrogens is 1. The maximum Gasteiger partial charge on any atom is 0.256 e. The number of thioether (sulfide) groups is 1. The van der Waals surface area contributed by atoms with Gasteiger partial charge in [-0.1, -0.05) is 17.3 Å². The molecule has 140 valence electrons. The molecule has 4 rings (SSSR count). The van der Waals surface area contributed by atoms with Gasteiger partial charge in [0.1, 0.15) is 5.76 Å². The molecule has 2 aromatic carbocycles. The highest BCUT2D eigenvalue weighted by Gasteiger charge is 2.13. The minimum Gasteiger partial charge on any atom is -0.360 e. The molecule has 2 N–H and O–H groups in total. The molecule has 0 unspecified atom stereocenters. The van der Waals surface area contributed by atoms with Crippen molar-refractivity contribution in [1.82, 2.24) is 25.8 Å². The minimum absolute atomic E-state index is 0.177. The van der Waals surface area contributed by atoms with Gasteiger partial charge in [-0.3, -0.25) is 4.79 Å². The Hall–Kier alpha value is -3.46. The first-order valence-corrected chi connectivity index (χ1v) is 9.47. The van der Waals surface area contributed by atoms with Crippen molar-refractivity contribution in [2.75, 3.05) is 5.32 Å². The summed E-state index contributed by atoms with van der Waals surface area (Å²) < 4.78 is 5.24. The summed E-state index contributed by atoms with van der Waals surface area (Å²) in [6.07, 6.45) is 0. The van der Waals surface area contributed by atoms with Gasteiger partial charge in [0, 0.05) is 22.2 Å². The van der Waals surface area contributed by atoms with Gasteiger partial charge in [0.15, 0.2) is 0 Å². The number of nitrogens with one attached hydrogen (secondary N) is 2. The summed E-state index contributed by atoms with van der Waals surface area (Å²) in [6.45, 7) is 1.88. The first-order chi connectivity index (χ1) is 13.7. The van der Waals surface area contributed by atoms with Crippen LogP contribution in [0.1, 0.15) is 21.8 Å². The van der Waals surface area contributed by atoms with Crippen LogP contribution in [-0.4, -0.2) is 31.7 Å². The van der Waals surface area contributed by atoms with Crippen molar-refractivity contribution in [1.29, 1.82) is 0 Å². The number of amides is 1. The van der Waals surface area contributed by atoms with Crippen LogP contribution in [0.2, 0.25) is 0 Å². The number of carbonyl (C=O) groups excluding carboxylic acids is 1. The Morgan fingerprint density at radius 3 is 2.71 bits per heavy atom. The van der Waals surface area contributed by atoms with E-state index < -0.39 is 0 Å². The molecule has 4 aromatic rings. The van der Waals surface area contributed by atoms with E-state index in [0.717, 1.165) is 21.9 Å². The number of rotatable bonds is 6. The van der Waals surface area contributed by atoms with E-state index in [1.54, 1.807) is 18.2 Å². The molecular formula is C19H16N6O2S. The summed E-state index contributed by atoms with van der Waals surface area (Å²) in [5.74, 6) is 1.70. The lowest BCUT2D eigenvalue weighted by molar-refractivity contribution is 0.102. The highest BCUT2D eigenvalue weighted by Crippen LogP contribution is 2.27. The molecule has 2 heterocycles. The largest absolute Gasteiger partial charge is 0.360 e. The molecule has 28 heavy (non-hydrogen) atoms. The maximum atomic E-state index is 12.8. The van der Waals surface area contributed by atoms with E-state index in [-0.39, 0.29) is 5.91 Å². The highest BCUT2D eigenvalue weighted by molar-refractivity contribution is 7.98. The van der Waals surface area contributed by atoms with Gasteiger partial charge in [-0.15, -0.1) is 22.0 Å². The van der Waals surface area contributed by atoms with Gasteiger partial charge >= 0.3 is 0 Å². The van der Waals surface area contributed by atoms with Crippen LogP contribution < -0.4 is 5.32 Å². The van der Waals surface area contributed by atoms with Crippen molar-refractivity contribution in [2.24, 2.45) is 0 Å². The summed E-state index contributed by atoms with van der Waals surface area (Å²) in [6, 6.07) is 16.6. The van der Waals surface area contributed by atoms with Crippen LogP contribution in [0.15, 0.2) is 64.0 Å². The summed E-state index contributed by atoms with van der Waals surface area (Å²) in [5.41, 5.74) is 2.94. The van der Waals surface area contributed by atoms with E-state index in [9.17, 15) is 4.79 Å². The zero-order chi connectivity index (χ0) is 19.3. The molecule has 0 saturated carbocycles. The molecule has 0 aliphatic rings. The monoisotopic (exact) mass is 392 g/mol. The van der Waals surface area contributed by atoms with Crippen molar-refractivity contribution in [3.63, 3.8) is 0 Å². The van der Waals surface area contributed by atoms with Gasteiger partial charge in [-0.2, -0.15) is 5.21 Å². The topological polar surface area (TPSA) is 110 Å². The summed E-state index contributed by atoms with van der Waals surface area (Å²) in [7, 11) is 0. The number of aromatic nitrogens is 5. The molecule has 1 amide bonds. The normalized spacial score (nSPS) is 10.8. The molecule has 9 heteroatoms. The smallest absolute Gasteiger partial charge is 0.256 e. The van der Waals surface area contributed by atoms with Crippen molar-refractivity contribution < 1.29 is 9.32 Å². The molecule has 0 spiro atoms. The summed E-state index contributed by atoms with van der Waals surface area (Å²) in [4.78, 5) is 13.6. The van der Waals surface area contributed by atoms with E-state index in [1.807, 2.05) is 43.3 Å². The number of hydrogen-bond donors (Lipinski definition) is 2. The SMILES string of the molecule is Cc1cc(CSc2ccccc2C(=O)Nc2ccc(-c3nn[nH]n3)cc2)on1. The van der Waals surface area contributed by atoms with Gasteiger partial charge in [0.2, 0.25) is 5.82 Å². The van der Waals surface area contributed by atoms with Crippen LogP contribution in [0.4, 0.5) is 5.69 Å². The van der Waals surface area contributed by atoms with Gasteiger partial charge in [-0.25, -0.2) is 0 Å². The predicted molar refractivity (Wildman–Crippen MR) is 105 cm³/mol. The van der Waals surface area contributed by atoms with Crippen molar-refractivity contribution in [3.05, 3.63) is 71.6 Å². The lowest BCUT2D eigenvalue weighted by Crippen LogP contribution is -2.12. The number of nitrogens with zero attached hydrogens (tertiary/aromatic N) is 4. The fourth-order valence-electron chi connectivity index (χ4n) is 2.60. The van der Waals surface area contributed by atoms with Crippen molar-refractivity contribution in [2.45, 2.75) is 17.6 Å². The average Bonchev–Trinajstić information content (AvgIpc) is 3.39. The van der Waals surface area contributed by atoms with Crippen LogP contribution in [0.5, 0.6) is 0 Å². The van der Waals surface area contributed by atoms with E-state index in [4.69, 9.17) is 4.52 Å². The first-order valence-electron chi connectivity index (χ1n) is 8.48. The van der Waals surface area contributed by atoms with Crippen LogP contribution in [0, 0.1) is 6.92 Å². The Morgan fingerprint density at radius 2 is 2.00 bits per heavy atom. The van der Waals surface area contributed by atoms with Gasteiger partial charge in [-0.05, 0) is 48.5 Å². The average molecular weight is 392 g/mol. The fourth-order valence-corrected chi connectivity index (χ4v) is 3.52. The number of aromatic amines is 1. The lowest BCUT2D eigenvalue weighted by atomic mass is 10.1. The number of hydrogen-bond acceptors (Lipinski definition) is 7. The third-order valence-electron chi connectivity index (χ3n) is 3.92. The molecule has 0 saturated heterocycles. The third kappa shape index (κ3) is 4.09. The Kier molecular flexibility index (Phi) is 5.16. The number of anilines is 1. The standard InChI is InChI=1S/C19H16N6O2S/c1-12-10-15(27-23-12)11-28-17-5-3-2-4-16(17)19(26)20-14-8-6-13(7-9-14)18-21-24-25-22-18/h2-10H,11H2,1H3,(H,20,26)(H,21,22,24,25). The highest BCUT2D eigenvalue weighted by atomic mass is 32.2. The van der Waals surface area contributed by atoms with Crippen LogP contribution in [0.3, 0.4) is 0 Å². The zero-order valence-corrected chi connectivity index (χ0v) is 15.7. The molecule has 0 atom stereocenters. The van der Waals surface area contributed by atoms with E-state index in [0.29, 0.717) is 22.8 Å². The molecule has 8 nitrogen and oxygen atoms in total. The first kappa shape index (κ1) is 17.9. The summed E-state index contributed by atoms with van der Waals surface area (Å²) >= 11 is 1.53. The quantitative estimate of drug-likeness (QED) is 0.481. The van der Waals surface area contributed by atoms with Gasteiger partial charge < -0.3 is 9.84 Å². The van der Waals surface area contributed by atoms with Gasteiger partial charge in [0.05, 0.1) is 17.0 Å². The van der Waals surface area contributed by atoms with E-state index in [2.05, 4.69) is 31.1 Å². The number of benzene rings is 2. The number of tetrazole rings is 1. The van der Waals surface area contributed by atoms with E-state index in [1.165, 1.54) is 11.8 Å². The van der Waals surface area contributed by atoms with Gasteiger partial charge in [0.25, 0.3) is 5.91 Å². The molecule has 2 aromatic heterocycles. The fraction of sp³-hybridized carbons (Fsp3) is 0.105. The third-order valence-corrected chi connectivity index (χ3v) is 5.02. The second-order valence-electron chi connectivity index (χ2n) is 5.99. The molecule has 0 aliphatic heterocycles. The maximum absolute atomic E-state index is 12.8. The number of carbonyl (C=O) groups is 1. The number of aryl methyl sites for hydroxylation is 1. The van der Waals surface area contributed by atoms with Crippen molar-refractivity contribution >= 4 is 23.4 Å². The Labute approximate surface area is 164 Å². The van der Waals surface area contributed by atoms with Crippen LogP contribution in [-0.2, 0) is 5.75 Å². The predicted octanol–water partition coefficient (Wildman–Crippen LogP) is 3.71. The minimum atomic E-state index is -0.177. The Balaban J connectivity index is 1.46. The Morgan fingerprint density at radius 1 is 1.18 bits per heavy atom. The molecule has 0 bridgehead atoms. The Bertz CT molecular complexity index is 1080. The van der Waals surface area contributed by atoms with Crippen LogP contribution in [0.25, 0.3) is 11.4 Å². The molecule has 0 aliphatic carbocycles. The summed E-state index contributed by atoms with van der Waals surface area (Å²) in [5, 5.41) is 20.6. The second-order valence-corrected chi connectivity index (χ2v) is 7.00. The molecule has 0 fully saturated rings. The van der Waals surface area contributed by atoms with E-state index >= 15 is 0 Å². The van der Waals surface area contributed by atoms with Crippen molar-refractivity contribution in [3.8, 4) is 11.4 Å². The molecule has 0 radical (unpaired) electrons. The molecular weight excluding hydrogens is 376 g/mol. The lowest BCUT2D eigenvalue weighted by Gasteiger charge is -2.09. The second kappa shape index (κ2) is 8.05. The zero-order valence-electron chi connectivity index (χ0n) is 14.9.